The number of anilines is 1. The predicted molar refractivity (Wildman–Crippen MR) is 63.8 cm³/mol. The van der Waals surface area contributed by atoms with Crippen molar-refractivity contribution in [1.82, 2.24) is 9.78 Å². The first kappa shape index (κ1) is 11.0. The van der Waals surface area contributed by atoms with E-state index in [1.807, 2.05) is 6.07 Å². The minimum Gasteiger partial charge on any atom is -0.396 e. The van der Waals surface area contributed by atoms with E-state index in [-0.39, 0.29) is 5.82 Å². The van der Waals surface area contributed by atoms with Crippen LogP contribution in [0.4, 0.5) is 10.1 Å². The highest BCUT2D eigenvalue weighted by molar-refractivity contribution is 7.99. The van der Waals surface area contributed by atoms with Crippen molar-refractivity contribution in [2.45, 2.75) is 11.4 Å². The Bertz CT molecular complexity index is 470. The van der Waals surface area contributed by atoms with Crippen LogP contribution in [0.5, 0.6) is 0 Å². The van der Waals surface area contributed by atoms with E-state index in [0.717, 1.165) is 12.3 Å². The number of nitrogens with two attached hydrogens (primary N) is 1. The standard InChI is InChI=1S/C11H12FN3S/c12-10-3-1-2-4-11(10)16-6-5-15-8-9(13)7-14-15/h1-4,7-8H,5-6,13H2. The van der Waals surface area contributed by atoms with Crippen molar-refractivity contribution in [2.24, 2.45) is 0 Å². The zero-order chi connectivity index (χ0) is 11.4. The van der Waals surface area contributed by atoms with Gasteiger partial charge in [-0.25, -0.2) is 4.39 Å². The van der Waals surface area contributed by atoms with Crippen LogP contribution in [0, 0.1) is 5.82 Å². The summed E-state index contributed by atoms with van der Waals surface area (Å²) in [4.78, 5) is 0.669. The van der Waals surface area contributed by atoms with E-state index in [2.05, 4.69) is 5.10 Å². The zero-order valence-electron chi connectivity index (χ0n) is 8.64. The fourth-order valence-electron chi connectivity index (χ4n) is 1.31. The van der Waals surface area contributed by atoms with Gasteiger partial charge in [0.1, 0.15) is 5.82 Å². The van der Waals surface area contributed by atoms with Gasteiger partial charge in [0.05, 0.1) is 18.4 Å². The van der Waals surface area contributed by atoms with E-state index in [1.165, 1.54) is 17.8 Å². The molecule has 0 saturated carbocycles. The molecule has 2 N–H and O–H groups in total. The number of aryl methyl sites for hydroxylation is 1. The summed E-state index contributed by atoms with van der Waals surface area (Å²) in [7, 11) is 0. The molecule has 5 heteroatoms. The van der Waals surface area contributed by atoms with E-state index in [1.54, 1.807) is 29.2 Å². The molecule has 0 saturated heterocycles. The average molecular weight is 237 g/mol. The summed E-state index contributed by atoms with van der Waals surface area (Å²) in [5.74, 6) is 0.592. The Labute approximate surface area is 97.5 Å². The van der Waals surface area contributed by atoms with E-state index in [0.29, 0.717) is 10.6 Å². The van der Waals surface area contributed by atoms with Crippen molar-refractivity contribution in [3.8, 4) is 0 Å². The molecule has 0 spiro atoms. The second kappa shape index (κ2) is 5.03. The summed E-state index contributed by atoms with van der Waals surface area (Å²) in [5, 5.41) is 4.05. The van der Waals surface area contributed by atoms with Crippen molar-refractivity contribution in [3.05, 3.63) is 42.5 Å². The van der Waals surface area contributed by atoms with Crippen LogP contribution in [0.25, 0.3) is 0 Å². The first-order chi connectivity index (χ1) is 7.75. The number of hydrogen-bond acceptors (Lipinski definition) is 3. The largest absolute Gasteiger partial charge is 0.396 e. The number of hydrogen-bond donors (Lipinski definition) is 1. The summed E-state index contributed by atoms with van der Waals surface area (Å²) in [6.07, 6.45) is 3.37. The Morgan fingerprint density at radius 3 is 2.88 bits per heavy atom. The van der Waals surface area contributed by atoms with Crippen LogP contribution in [0.15, 0.2) is 41.6 Å². The fraction of sp³-hybridized carbons (Fsp3) is 0.182. The Kier molecular flexibility index (Phi) is 3.46. The van der Waals surface area contributed by atoms with Gasteiger partial charge in [0, 0.05) is 16.8 Å². The van der Waals surface area contributed by atoms with Crippen molar-refractivity contribution in [2.75, 3.05) is 11.5 Å². The molecular formula is C11H12FN3S. The third-order valence-electron chi connectivity index (χ3n) is 2.07. The number of thioether (sulfide) groups is 1. The first-order valence-electron chi connectivity index (χ1n) is 4.91. The normalized spacial score (nSPS) is 10.6. The van der Waals surface area contributed by atoms with E-state index < -0.39 is 0 Å². The van der Waals surface area contributed by atoms with Gasteiger partial charge in [-0.2, -0.15) is 5.10 Å². The minimum atomic E-state index is -0.174. The highest BCUT2D eigenvalue weighted by Crippen LogP contribution is 2.21. The molecule has 3 nitrogen and oxygen atoms in total. The molecule has 0 aliphatic rings. The van der Waals surface area contributed by atoms with Crippen molar-refractivity contribution in [3.63, 3.8) is 0 Å². The molecular weight excluding hydrogens is 225 g/mol. The predicted octanol–water partition coefficient (Wildman–Crippen LogP) is 2.40. The van der Waals surface area contributed by atoms with Gasteiger partial charge >= 0.3 is 0 Å². The van der Waals surface area contributed by atoms with Gasteiger partial charge in [-0.05, 0) is 12.1 Å². The minimum absolute atomic E-state index is 0.174. The SMILES string of the molecule is Nc1cnn(CCSc2ccccc2F)c1. The number of benzene rings is 1. The van der Waals surface area contributed by atoms with Crippen LogP contribution in [-0.2, 0) is 6.54 Å². The molecule has 2 aromatic rings. The molecule has 0 aliphatic carbocycles. The second-order valence-electron chi connectivity index (χ2n) is 3.32. The number of nitrogens with zero attached hydrogens (tertiary/aromatic N) is 2. The highest BCUT2D eigenvalue weighted by Gasteiger charge is 2.01. The first-order valence-corrected chi connectivity index (χ1v) is 5.89. The quantitative estimate of drug-likeness (QED) is 0.830. The lowest BCUT2D eigenvalue weighted by molar-refractivity contribution is 0.601. The maximum Gasteiger partial charge on any atom is 0.136 e. The number of rotatable bonds is 4. The van der Waals surface area contributed by atoms with Crippen LogP contribution in [0.3, 0.4) is 0 Å². The monoisotopic (exact) mass is 237 g/mol. The molecule has 1 aromatic carbocycles. The molecule has 0 unspecified atom stereocenters. The second-order valence-corrected chi connectivity index (χ2v) is 4.45. The van der Waals surface area contributed by atoms with Crippen molar-refractivity contribution < 1.29 is 4.39 Å². The highest BCUT2D eigenvalue weighted by atomic mass is 32.2. The lowest BCUT2D eigenvalue weighted by Gasteiger charge is -2.03. The Morgan fingerprint density at radius 2 is 2.19 bits per heavy atom. The van der Waals surface area contributed by atoms with Gasteiger partial charge in [-0.1, -0.05) is 12.1 Å². The zero-order valence-corrected chi connectivity index (χ0v) is 9.45. The molecule has 0 bridgehead atoms. The van der Waals surface area contributed by atoms with Gasteiger partial charge in [0.15, 0.2) is 0 Å². The summed E-state index contributed by atoms with van der Waals surface area (Å²) >= 11 is 1.47. The number of nitrogen functional groups attached to an aromatic ring is 1. The number of aromatic nitrogens is 2. The van der Waals surface area contributed by atoms with Gasteiger partial charge in [-0.15, -0.1) is 11.8 Å². The summed E-state index contributed by atoms with van der Waals surface area (Å²) in [6.45, 7) is 0.718. The van der Waals surface area contributed by atoms with Crippen LogP contribution < -0.4 is 5.73 Å². The van der Waals surface area contributed by atoms with Gasteiger partial charge in [0.2, 0.25) is 0 Å². The summed E-state index contributed by atoms with van der Waals surface area (Å²) in [5.41, 5.74) is 6.18. The van der Waals surface area contributed by atoms with Gasteiger partial charge in [0.25, 0.3) is 0 Å². The molecule has 0 radical (unpaired) electrons. The third-order valence-corrected chi connectivity index (χ3v) is 3.10. The number of halogens is 1. The maximum atomic E-state index is 13.3. The molecule has 0 fully saturated rings. The molecule has 1 heterocycles. The maximum absolute atomic E-state index is 13.3. The summed E-state index contributed by atoms with van der Waals surface area (Å²) in [6, 6.07) is 6.76. The lowest BCUT2D eigenvalue weighted by atomic mass is 10.3. The molecule has 16 heavy (non-hydrogen) atoms. The molecule has 0 atom stereocenters. The van der Waals surface area contributed by atoms with E-state index in [4.69, 9.17) is 5.73 Å². The Morgan fingerprint density at radius 1 is 1.38 bits per heavy atom. The molecule has 84 valence electrons. The van der Waals surface area contributed by atoms with Crippen LogP contribution >= 0.6 is 11.8 Å². The van der Waals surface area contributed by atoms with Crippen LogP contribution in [0.2, 0.25) is 0 Å². The van der Waals surface area contributed by atoms with Crippen molar-refractivity contribution in [1.29, 1.82) is 0 Å². The Balaban J connectivity index is 1.87. The lowest BCUT2D eigenvalue weighted by Crippen LogP contribution is -2.00. The van der Waals surface area contributed by atoms with E-state index in [9.17, 15) is 4.39 Å². The van der Waals surface area contributed by atoms with Gasteiger partial charge in [-0.3, -0.25) is 4.68 Å². The van der Waals surface area contributed by atoms with Crippen LogP contribution in [-0.4, -0.2) is 15.5 Å². The average Bonchev–Trinajstić information content (AvgIpc) is 2.67. The van der Waals surface area contributed by atoms with Gasteiger partial charge < -0.3 is 5.73 Å². The molecule has 2 rings (SSSR count). The van der Waals surface area contributed by atoms with E-state index >= 15 is 0 Å². The third kappa shape index (κ3) is 2.76. The molecule has 1 aromatic heterocycles. The van der Waals surface area contributed by atoms with Crippen molar-refractivity contribution >= 4 is 17.4 Å². The smallest absolute Gasteiger partial charge is 0.136 e. The van der Waals surface area contributed by atoms with Crippen LogP contribution in [0.1, 0.15) is 0 Å². The fourth-order valence-corrected chi connectivity index (χ4v) is 2.19. The molecule has 0 amide bonds. The summed E-state index contributed by atoms with van der Waals surface area (Å²) < 4.78 is 15.0. The Hall–Kier alpha value is -1.49. The topological polar surface area (TPSA) is 43.8 Å². The molecule has 0 aliphatic heterocycles.